The van der Waals surface area contributed by atoms with E-state index in [-0.39, 0.29) is 28.6 Å². The molecule has 63 heavy (non-hydrogen) atoms. The van der Waals surface area contributed by atoms with Crippen LogP contribution in [0, 0.1) is 6.85 Å². The van der Waals surface area contributed by atoms with Crippen LogP contribution in [0.5, 0.6) is 5.75 Å². The van der Waals surface area contributed by atoms with Crippen molar-refractivity contribution in [3.63, 3.8) is 0 Å². The van der Waals surface area contributed by atoms with E-state index in [0.717, 1.165) is 72.4 Å². The molecular formula is C59H55N3O. The van der Waals surface area contributed by atoms with Crippen molar-refractivity contribution in [2.45, 2.75) is 72.6 Å². The van der Waals surface area contributed by atoms with Crippen molar-refractivity contribution in [2.75, 3.05) is 0 Å². The molecule has 9 rings (SSSR count). The molecule has 9 aromatic rings. The number of hydrogen-bond acceptors (Lipinski definition) is 3. The standard InChI is InChI=1S/C59H55N3O/c1-37(2)45-34-52(38(3)4)57(63)53(35-45)58-61-56-51(20-15-21-55(56)62(58)50-29-39(5)28-46(33-50)41-18-13-10-14-19-41)47-30-48(32-49(31-47)59(6,7)8)54-36-44(26-27-60-54)43-24-22-42(23-25-43)40-16-11-9-12-17-40/h9-38,63H,1-8H3/i5D3. The van der Waals surface area contributed by atoms with Crippen LogP contribution in [0.1, 0.15) is 86.7 Å². The monoisotopic (exact) mass is 824 g/mol. The number of aryl methyl sites for hydroxylation is 1. The largest absolute Gasteiger partial charge is 0.507 e. The summed E-state index contributed by atoms with van der Waals surface area (Å²) in [6, 6.07) is 55.7. The lowest BCUT2D eigenvalue weighted by Gasteiger charge is -2.22. The van der Waals surface area contributed by atoms with Gasteiger partial charge in [0.05, 0.1) is 22.3 Å². The highest BCUT2D eigenvalue weighted by molar-refractivity contribution is 5.97. The molecule has 0 bridgehead atoms. The van der Waals surface area contributed by atoms with Crippen LogP contribution in [0.3, 0.4) is 0 Å². The van der Waals surface area contributed by atoms with Gasteiger partial charge in [0.25, 0.3) is 0 Å². The zero-order valence-electron chi connectivity index (χ0n) is 40.1. The van der Waals surface area contributed by atoms with E-state index in [1.165, 1.54) is 11.1 Å². The van der Waals surface area contributed by atoms with E-state index >= 15 is 0 Å². The second kappa shape index (κ2) is 16.7. The molecule has 0 saturated heterocycles. The van der Waals surface area contributed by atoms with E-state index in [2.05, 4.69) is 139 Å². The zero-order chi connectivity index (χ0) is 46.5. The minimum absolute atomic E-state index is 0.0405. The Labute approximate surface area is 376 Å². The van der Waals surface area contributed by atoms with Crippen LogP contribution < -0.4 is 0 Å². The number of rotatable bonds is 9. The molecule has 4 nitrogen and oxygen atoms in total. The molecule has 2 aromatic heterocycles. The number of pyridine rings is 1. The maximum Gasteiger partial charge on any atom is 0.149 e. The molecule has 0 aliphatic heterocycles. The maximum absolute atomic E-state index is 12.2. The molecule has 1 N–H and O–H groups in total. The second-order valence-electron chi connectivity index (χ2n) is 18.3. The number of aromatic hydroxyl groups is 1. The smallest absolute Gasteiger partial charge is 0.149 e. The van der Waals surface area contributed by atoms with Gasteiger partial charge in [-0.1, -0.05) is 164 Å². The Balaban J connectivity index is 1.27. The maximum atomic E-state index is 12.2. The highest BCUT2D eigenvalue weighted by Gasteiger charge is 2.25. The van der Waals surface area contributed by atoms with Gasteiger partial charge in [0.1, 0.15) is 11.6 Å². The Hall–Kier alpha value is -7.04. The molecule has 312 valence electrons. The summed E-state index contributed by atoms with van der Waals surface area (Å²) < 4.78 is 27.8. The first-order chi connectivity index (χ1) is 31.5. The number of benzene rings is 7. The van der Waals surface area contributed by atoms with Crippen LogP contribution in [0.4, 0.5) is 0 Å². The van der Waals surface area contributed by atoms with Gasteiger partial charge in [-0.15, -0.1) is 0 Å². The van der Waals surface area contributed by atoms with Crippen LogP contribution in [-0.2, 0) is 5.41 Å². The molecule has 2 heterocycles. The second-order valence-corrected chi connectivity index (χ2v) is 18.3. The number of para-hydroxylation sites is 1. The number of phenolic OH excluding ortho intramolecular Hbond substituents is 1. The molecule has 0 saturated carbocycles. The van der Waals surface area contributed by atoms with Crippen molar-refractivity contribution >= 4 is 11.0 Å². The van der Waals surface area contributed by atoms with Crippen molar-refractivity contribution in [3.05, 3.63) is 192 Å². The fourth-order valence-corrected chi connectivity index (χ4v) is 8.55. The Kier molecular flexibility index (Phi) is 9.98. The molecule has 0 spiro atoms. The number of imidazole rings is 1. The van der Waals surface area contributed by atoms with E-state index in [1.807, 2.05) is 71.4 Å². The molecule has 4 heteroatoms. The van der Waals surface area contributed by atoms with Crippen molar-refractivity contribution < 1.29 is 9.22 Å². The lowest BCUT2D eigenvalue weighted by Crippen LogP contribution is -2.11. The van der Waals surface area contributed by atoms with Gasteiger partial charge >= 0.3 is 0 Å². The predicted molar refractivity (Wildman–Crippen MR) is 265 cm³/mol. The van der Waals surface area contributed by atoms with Gasteiger partial charge in [0.15, 0.2) is 0 Å². The third-order valence-corrected chi connectivity index (χ3v) is 12.2. The van der Waals surface area contributed by atoms with E-state index in [0.29, 0.717) is 17.1 Å². The summed E-state index contributed by atoms with van der Waals surface area (Å²) >= 11 is 0. The van der Waals surface area contributed by atoms with Crippen molar-refractivity contribution in [2.24, 2.45) is 0 Å². The molecule has 7 aromatic carbocycles. The zero-order valence-corrected chi connectivity index (χ0v) is 37.1. The number of phenols is 1. The van der Waals surface area contributed by atoms with E-state index in [9.17, 15) is 5.11 Å². The average Bonchev–Trinajstić information content (AvgIpc) is 3.71. The van der Waals surface area contributed by atoms with E-state index in [4.69, 9.17) is 14.1 Å². The number of aromatic nitrogens is 3. The third kappa shape index (κ3) is 8.22. The SMILES string of the molecule is [2H]C([2H])([2H])c1cc(-c2ccccc2)cc(-n2c(-c3cc(C(C)C)cc(C(C)C)c3O)nc3c(-c4cc(-c5cc(-c6ccc(-c7ccccc7)cc6)ccn5)cc(C(C)(C)C)c4)cccc32)c1. The van der Waals surface area contributed by atoms with Crippen LogP contribution >= 0.6 is 0 Å². The van der Waals surface area contributed by atoms with E-state index < -0.39 is 6.85 Å². The van der Waals surface area contributed by atoms with Gasteiger partial charge in [-0.25, -0.2) is 4.98 Å². The summed E-state index contributed by atoms with van der Waals surface area (Å²) in [5.41, 5.74) is 15.8. The lowest BCUT2D eigenvalue weighted by molar-refractivity contribution is 0.466. The Morgan fingerprint density at radius 3 is 1.86 bits per heavy atom. The molecule has 0 fully saturated rings. The fraction of sp³-hybridized carbons (Fsp3) is 0.186. The Morgan fingerprint density at radius 2 is 1.21 bits per heavy atom. The number of hydrogen-bond donors (Lipinski definition) is 1. The number of nitrogens with zero attached hydrogens (tertiary/aromatic N) is 3. The first-order valence-electron chi connectivity index (χ1n) is 23.4. The quantitative estimate of drug-likeness (QED) is 0.158. The summed E-state index contributed by atoms with van der Waals surface area (Å²) in [5, 5.41) is 12.2. The van der Waals surface area contributed by atoms with Gasteiger partial charge in [-0.05, 0) is 134 Å². The summed E-state index contributed by atoms with van der Waals surface area (Å²) in [6.07, 6.45) is 1.88. The number of fused-ring (bicyclic) bond motifs is 1. The molecule has 0 amide bonds. The molecule has 0 unspecified atom stereocenters. The highest BCUT2D eigenvalue weighted by atomic mass is 16.3. The minimum atomic E-state index is -2.38. The van der Waals surface area contributed by atoms with Gasteiger partial charge in [0.2, 0.25) is 0 Å². The first-order valence-corrected chi connectivity index (χ1v) is 21.9. The van der Waals surface area contributed by atoms with Crippen molar-refractivity contribution in [1.29, 1.82) is 0 Å². The average molecular weight is 825 g/mol. The van der Waals surface area contributed by atoms with Crippen LogP contribution in [0.15, 0.2) is 170 Å². The van der Waals surface area contributed by atoms with Gasteiger partial charge < -0.3 is 5.11 Å². The molecule has 0 atom stereocenters. The summed E-state index contributed by atoms with van der Waals surface area (Å²) in [5.74, 6) is 0.915. The predicted octanol–water partition coefficient (Wildman–Crippen LogP) is 16.0. The first kappa shape index (κ1) is 37.7. The molecule has 0 radical (unpaired) electrons. The lowest BCUT2D eigenvalue weighted by atomic mass is 9.83. The summed E-state index contributed by atoms with van der Waals surface area (Å²) in [7, 11) is 0. The van der Waals surface area contributed by atoms with Gasteiger partial charge in [-0.3, -0.25) is 9.55 Å². The Morgan fingerprint density at radius 1 is 0.556 bits per heavy atom. The normalized spacial score (nSPS) is 12.7. The van der Waals surface area contributed by atoms with Crippen molar-refractivity contribution in [3.8, 4) is 78.6 Å². The third-order valence-electron chi connectivity index (χ3n) is 12.2. The minimum Gasteiger partial charge on any atom is -0.507 e. The fourth-order valence-electron chi connectivity index (χ4n) is 8.55. The molecule has 0 aliphatic rings. The van der Waals surface area contributed by atoms with E-state index in [1.54, 1.807) is 12.1 Å². The van der Waals surface area contributed by atoms with Gasteiger partial charge in [-0.2, -0.15) is 0 Å². The van der Waals surface area contributed by atoms with Gasteiger partial charge in [0, 0.05) is 27.1 Å². The van der Waals surface area contributed by atoms with Crippen LogP contribution in [0.25, 0.3) is 83.9 Å². The summed E-state index contributed by atoms with van der Waals surface area (Å²) in [6.45, 7) is 12.8. The highest BCUT2D eigenvalue weighted by Crippen LogP contribution is 2.44. The van der Waals surface area contributed by atoms with Crippen LogP contribution in [0.2, 0.25) is 0 Å². The molecule has 0 aliphatic carbocycles. The molecular weight excluding hydrogens is 767 g/mol. The van der Waals surface area contributed by atoms with Crippen molar-refractivity contribution in [1.82, 2.24) is 14.5 Å². The topological polar surface area (TPSA) is 50.9 Å². The summed E-state index contributed by atoms with van der Waals surface area (Å²) in [4.78, 5) is 10.5. The van der Waals surface area contributed by atoms with Crippen LogP contribution in [-0.4, -0.2) is 19.6 Å². The Bertz CT molecular complexity index is 3210.